The molecular formula is C16H35NO3Si. The van der Waals surface area contributed by atoms with Gasteiger partial charge in [-0.3, -0.25) is 4.99 Å². The van der Waals surface area contributed by atoms with Gasteiger partial charge in [0.25, 0.3) is 0 Å². The van der Waals surface area contributed by atoms with Gasteiger partial charge in [0.05, 0.1) is 0 Å². The lowest BCUT2D eigenvalue weighted by atomic mass is 9.97. The lowest BCUT2D eigenvalue weighted by Crippen LogP contribution is -2.46. The number of hydrogen-bond donors (Lipinski definition) is 0. The van der Waals surface area contributed by atoms with Crippen LogP contribution in [0.3, 0.4) is 0 Å². The van der Waals surface area contributed by atoms with Gasteiger partial charge in [-0.05, 0) is 39.0 Å². The minimum atomic E-state index is -2.49. The fourth-order valence-electron chi connectivity index (χ4n) is 2.54. The van der Waals surface area contributed by atoms with Crippen LogP contribution in [-0.4, -0.2) is 40.9 Å². The molecule has 0 fully saturated rings. The zero-order chi connectivity index (χ0) is 16.3. The van der Waals surface area contributed by atoms with Gasteiger partial charge in [-0.1, -0.05) is 27.7 Å². The number of nitrogens with zero attached hydrogens (tertiary/aromatic N) is 1. The molecule has 0 aliphatic rings. The van der Waals surface area contributed by atoms with Crippen LogP contribution in [0.2, 0.25) is 6.04 Å². The highest BCUT2D eigenvalue weighted by molar-refractivity contribution is 6.60. The summed E-state index contributed by atoms with van der Waals surface area (Å²) in [5, 5.41) is 0. The van der Waals surface area contributed by atoms with E-state index < -0.39 is 8.80 Å². The highest BCUT2D eigenvalue weighted by atomic mass is 28.4. The molecule has 0 saturated heterocycles. The van der Waals surface area contributed by atoms with Crippen molar-refractivity contribution in [2.45, 2.75) is 60.9 Å². The standard InChI is InChI=1S/C16H35NO3Si/c1-8-18-21(19-9-2,20-10-3)13-11-12-17-16(14(4)5)15(6)7/h14-15H,8-13H2,1-7H3. The topological polar surface area (TPSA) is 40.0 Å². The summed E-state index contributed by atoms with van der Waals surface area (Å²) in [5.41, 5.74) is 1.30. The molecule has 0 aromatic carbocycles. The monoisotopic (exact) mass is 317 g/mol. The van der Waals surface area contributed by atoms with Gasteiger partial charge >= 0.3 is 8.80 Å². The van der Waals surface area contributed by atoms with Crippen molar-refractivity contribution >= 4 is 14.5 Å². The van der Waals surface area contributed by atoms with Crippen molar-refractivity contribution < 1.29 is 13.3 Å². The Bertz CT molecular complexity index is 266. The summed E-state index contributed by atoms with van der Waals surface area (Å²) >= 11 is 0. The first-order valence-electron chi connectivity index (χ1n) is 8.38. The van der Waals surface area contributed by atoms with Gasteiger partial charge in [0.15, 0.2) is 0 Å². The number of hydrogen-bond acceptors (Lipinski definition) is 4. The Kier molecular flexibility index (Phi) is 11.2. The lowest BCUT2D eigenvalue weighted by Gasteiger charge is -2.28. The van der Waals surface area contributed by atoms with E-state index in [4.69, 9.17) is 18.3 Å². The maximum Gasteiger partial charge on any atom is 0.500 e. The minimum absolute atomic E-state index is 0.512. The van der Waals surface area contributed by atoms with E-state index in [0.717, 1.165) is 19.0 Å². The number of rotatable bonds is 12. The number of aliphatic imine (C=N–C) groups is 1. The molecule has 0 spiro atoms. The van der Waals surface area contributed by atoms with Crippen molar-refractivity contribution in [2.75, 3.05) is 26.4 Å². The third-order valence-corrected chi connectivity index (χ3v) is 6.36. The highest BCUT2D eigenvalue weighted by Gasteiger charge is 2.39. The third kappa shape index (κ3) is 8.09. The van der Waals surface area contributed by atoms with Crippen molar-refractivity contribution in [3.8, 4) is 0 Å². The van der Waals surface area contributed by atoms with E-state index in [-0.39, 0.29) is 0 Å². The maximum absolute atomic E-state index is 5.86. The van der Waals surface area contributed by atoms with Crippen LogP contribution in [0, 0.1) is 11.8 Å². The van der Waals surface area contributed by atoms with Crippen LogP contribution >= 0.6 is 0 Å². The molecule has 0 N–H and O–H groups in total. The first kappa shape index (κ1) is 20.8. The first-order valence-corrected chi connectivity index (χ1v) is 10.3. The lowest BCUT2D eigenvalue weighted by molar-refractivity contribution is 0.0710. The summed E-state index contributed by atoms with van der Waals surface area (Å²) in [6, 6.07) is 0.843. The average molecular weight is 318 g/mol. The van der Waals surface area contributed by atoms with Crippen LogP contribution in [0.15, 0.2) is 4.99 Å². The Labute approximate surface area is 132 Å². The average Bonchev–Trinajstić information content (AvgIpc) is 2.38. The summed E-state index contributed by atoms with van der Waals surface area (Å²) in [5.74, 6) is 1.02. The maximum atomic E-state index is 5.86. The molecule has 0 bridgehead atoms. The second-order valence-electron chi connectivity index (χ2n) is 5.70. The van der Waals surface area contributed by atoms with E-state index in [1.807, 2.05) is 20.8 Å². The third-order valence-electron chi connectivity index (χ3n) is 3.21. The molecule has 21 heavy (non-hydrogen) atoms. The summed E-state index contributed by atoms with van der Waals surface area (Å²) in [7, 11) is -2.49. The Morgan fingerprint density at radius 1 is 0.857 bits per heavy atom. The smallest absolute Gasteiger partial charge is 0.374 e. The molecular weight excluding hydrogens is 282 g/mol. The molecule has 126 valence electrons. The van der Waals surface area contributed by atoms with E-state index >= 15 is 0 Å². The van der Waals surface area contributed by atoms with Gasteiger partial charge in [0, 0.05) is 38.1 Å². The Balaban J connectivity index is 4.57. The van der Waals surface area contributed by atoms with Crippen LogP contribution in [-0.2, 0) is 13.3 Å². The van der Waals surface area contributed by atoms with Crippen molar-refractivity contribution in [1.82, 2.24) is 0 Å². The highest BCUT2D eigenvalue weighted by Crippen LogP contribution is 2.18. The Morgan fingerprint density at radius 3 is 1.62 bits per heavy atom. The van der Waals surface area contributed by atoms with Gasteiger partial charge in [0.2, 0.25) is 0 Å². The summed E-state index contributed by atoms with van der Waals surface area (Å²) in [6.07, 6.45) is 0.954. The van der Waals surface area contributed by atoms with E-state index in [1.165, 1.54) is 5.71 Å². The van der Waals surface area contributed by atoms with E-state index in [9.17, 15) is 0 Å². The Hall–Kier alpha value is -0.233. The van der Waals surface area contributed by atoms with Crippen molar-refractivity contribution in [1.29, 1.82) is 0 Å². The molecule has 0 heterocycles. The van der Waals surface area contributed by atoms with Gasteiger partial charge in [-0.25, -0.2) is 0 Å². The first-order chi connectivity index (χ1) is 9.92. The van der Waals surface area contributed by atoms with Crippen LogP contribution in [0.5, 0.6) is 0 Å². The predicted octanol–water partition coefficient (Wildman–Crippen LogP) is 4.18. The van der Waals surface area contributed by atoms with Gasteiger partial charge in [0.1, 0.15) is 0 Å². The quantitative estimate of drug-likeness (QED) is 0.308. The predicted molar refractivity (Wildman–Crippen MR) is 92.0 cm³/mol. The molecule has 0 aromatic rings. The van der Waals surface area contributed by atoms with Gasteiger partial charge < -0.3 is 13.3 Å². The molecule has 5 heteroatoms. The second-order valence-corrected chi connectivity index (χ2v) is 8.43. The molecule has 0 aliphatic carbocycles. The van der Waals surface area contributed by atoms with Crippen LogP contribution in [0.25, 0.3) is 0 Å². The molecule has 0 rings (SSSR count). The molecule has 0 saturated carbocycles. The van der Waals surface area contributed by atoms with Crippen molar-refractivity contribution in [3.63, 3.8) is 0 Å². The second kappa shape index (κ2) is 11.3. The SMILES string of the molecule is CCO[Si](CCCN=C(C(C)C)C(C)C)(OCC)OCC. The summed E-state index contributed by atoms with van der Waals surface area (Å²) in [4.78, 5) is 4.78. The molecule has 0 atom stereocenters. The normalized spacial score (nSPS) is 12.2. The summed E-state index contributed by atoms with van der Waals surface area (Å²) < 4.78 is 17.6. The zero-order valence-electron chi connectivity index (χ0n) is 15.1. The van der Waals surface area contributed by atoms with E-state index in [0.29, 0.717) is 31.7 Å². The molecule has 0 aliphatic heterocycles. The molecule has 0 amide bonds. The summed E-state index contributed by atoms with van der Waals surface area (Å²) in [6.45, 7) is 17.5. The minimum Gasteiger partial charge on any atom is -0.374 e. The molecule has 0 aromatic heterocycles. The van der Waals surface area contributed by atoms with Crippen molar-refractivity contribution in [3.05, 3.63) is 0 Å². The molecule has 0 unspecified atom stereocenters. The van der Waals surface area contributed by atoms with Crippen LogP contribution in [0.1, 0.15) is 54.9 Å². The van der Waals surface area contributed by atoms with Gasteiger partial charge in [-0.15, -0.1) is 0 Å². The zero-order valence-corrected chi connectivity index (χ0v) is 16.1. The van der Waals surface area contributed by atoms with Crippen LogP contribution in [0.4, 0.5) is 0 Å². The molecule has 0 radical (unpaired) electrons. The van der Waals surface area contributed by atoms with Crippen molar-refractivity contribution in [2.24, 2.45) is 16.8 Å². The largest absolute Gasteiger partial charge is 0.500 e. The van der Waals surface area contributed by atoms with E-state index in [1.54, 1.807) is 0 Å². The Morgan fingerprint density at radius 2 is 1.29 bits per heavy atom. The molecule has 4 nitrogen and oxygen atoms in total. The van der Waals surface area contributed by atoms with Gasteiger partial charge in [-0.2, -0.15) is 0 Å². The van der Waals surface area contributed by atoms with Crippen LogP contribution < -0.4 is 0 Å². The fourth-order valence-corrected chi connectivity index (χ4v) is 5.13. The van der Waals surface area contributed by atoms with E-state index in [2.05, 4.69) is 27.7 Å². The fraction of sp³-hybridized carbons (Fsp3) is 0.938.